The Morgan fingerprint density at radius 1 is 1.00 bits per heavy atom. The molecule has 2 nitrogen and oxygen atoms in total. The lowest BCUT2D eigenvalue weighted by atomic mass is 9.86. The van der Waals surface area contributed by atoms with E-state index in [0.29, 0.717) is 6.04 Å². The van der Waals surface area contributed by atoms with Gasteiger partial charge in [-0.05, 0) is 35.8 Å². The number of nitrogens with one attached hydrogen (secondary N) is 1. The first-order valence-corrected chi connectivity index (χ1v) is 8.22. The Morgan fingerprint density at radius 3 is 2.14 bits per heavy atom. The van der Waals surface area contributed by atoms with Crippen LogP contribution in [-0.4, -0.2) is 19.8 Å². The van der Waals surface area contributed by atoms with E-state index in [1.807, 2.05) is 0 Å². The second kappa shape index (κ2) is 8.55. The zero-order valence-electron chi connectivity index (χ0n) is 14.7. The number of hydrogen-bond donors (Lipinski definition) is 1. The van der Waals surface area contributed by atoms with Crippen LogP contribution >= 0.6 is 0 Å². The molecule has 0 aliphatic rings. The highest BCUT2D eigenvalue weighted by Crippen LogP contribution is 2.23. The topological polar surface area (TPSA) is 21.3 Å². The number of benzene rings is 1. The molecule has 0 spiro atoms. The Bertz CT molecular complexity index is 389. The smallest absolute Gasteiger partial charge is 0.0591 e. The van der Waals surface area contributed by atoms with Gasteiger partial charge in [0, 0.05) is 19.2 Å². The fourth-order valence-corrected chi connectivity index (χ4v) is 2.16. The average Bonchev–Trinajstić information content (AvgIpc) is 2.41. The van der Waals surface area contributed by atoms with Crippen LogP contribution in [0.1, 0.15) is 65.1 Å². The van der Waals surface area contributed by atoms with Crippen molar-refractivity contribution in [2.75, 3.05) is 19.8 Å². The lowest BCUT2D eigenvalue weighted by molar-refractivity contribution is 0.123. The van der Waals surface area contributed by atoms with Gasteiger partial charge >= 0.3 is 0 Å². The summed E-state index contributed by atoms with van der Waals surface area (Å²) in [5.74, 6) is 0.721. The highest BCUT2D eigenvalue weighted by Gasteiger charge is 2.13. The Kier molecular flexibility index (Phi) is 7.41. The molecule has 21 heavy (non-hydrogen) atoms. The van der Waals surface area contributed by atoms with Crippen LogP contribution in [-0.2, 0) is 10.2 Å². The SMILES string of the molecule is CC(C)CCOCCNC(C)c1ccc(C(C)(C)C)cc1. The van der Waals surface area contributed by atoms with Crippen LogP contribution in [0.15, 0.2) is 24.3 Å². The van der Waals surface area contributed by atoms with E-state index in [1.165, 1.54) is 11.1 Å². The van der Waals surface area contributed by atoms with Gasteiger partial charge in [-0.3, -0.25) is 0 Å². The van der Waals surface area contributed by atoms with Gasteiger partial charge in [-0.2, -0.15) is 0 Å². The minimum absolute atomic E-state index is 0.222. The van der Waals surface area contributed by atoms with Crippen molar-refractivity contribution in [3.63, 3.8) is 0 Å². The largest absolute Gasteiger partial charge is 0.380 e. The van der Waals surface area contributed by atoms with E-state index < -0.39 is 0 Å². The summed E-state index contributed by atoms with van der Waals surface area (Å²) in [5.41, 5.74) is 2.94. The first kappa shape index (κ1) is 18.2. The average molecular weight is 291 g/mol. The summed E-state index contributed by atoms with van der Waals surface area (Å²) in [6.07, 6.45) is 1.14. The molecular weight excluding hydrogens is 258 g/mol. The minimum atomic E-state index is 0.222. The van der Waals surface area contributed by atoms with Gasteiger partial charge in [-0.15, -0.1) is 0 Å². The minimum Gasteiger partial charge on any atom is -0.380 e. The van der Waals surface area contributed by atoms with Gasteiger partial charge in [0.25, 0.3) is 0 Å². The molecule has 0 radical (unpaired) electrons. The number of rotatable bonds is 8. The van der Waals surface area contributed by atoms with E-state index in [9.17, 15) is 0 Å². The summed E-state index contributed by atoms with van der Waals surface area (Å²) in [6, 6.07) is 9.32. The van der Waals surface area contributed by atoms with Gasteiger partial charge in [-0.25, -0.2) is 0 Å². The molecule has 0 aromatic heterocycles. The molecule has 0 saturated heterocycles. The summed E-state index contributed by atoms with van der Waals surface area (Å²) in [5, 5.41) is 3.52. The van der Waals surface area contributed by atoms with Crippen molar-refractivity contribution in [3.8, 4) is 0 Å². The van der Waals surface area contributed by atoms with Crippen LogP contribution in [0.4, 0.5) is 0 Å². The Balaban J connectivity index is 2.30. The van der Waals surface area contributed by atoms with Gasteiger partial charge < -0.3 is 10.1 Å². The van der Waals surface area contributed by atoms with Crippen LogP contribution < -0.4 is 5.32 Å². The van der Waals surface area contributed by atoms with E-state index in [4.69, 9.17) is 4.74 Å². The third kappa shape index (κ3) is 7.10. The summed E-state index contributed by atoms with van der Waals surface area (Å²) in [7, 11) is 0. The Labute approximate surface area is 131 Å². The molecule has 0 bridgehead atoms. The van der Waals surface area contributed by atoms with Crippen molar-refractivity contribution in [1.82, 2.24) is 5.32 Å². The van der Waals surface area contributed by atoms with Crippen molar-refractivity contribution in [2.24, 2.45) is 5.92 Å². The fourth-order valence-electron chi connectivity index (χ4n) is 2.16. The Hall–Kier alpha value is -0.860. The molecule has 0 saturated carbocycles. The van der Waals surface area contributed by atoms with Crippen molar-refractivity contribution in [1.29, 1.82) is 0 Å². The van der Waals surface area contributed by atoms with Crippen LogP contribution in [0, 0.1) is 5.92 Å². The maximum atomic E-state index is 5.63. The molecule has 1 aromatic rings. The molecule has 1 atom stereocenters. The van der Waals surface area contributed by atoms with E-state index >= 15 is 0 Å². The lowest BCUT2D eigenvalue weighted by Crippen LogP contribution is -2.23. The molecule has 2 heteroatoms. The first-order chi connectivity index (χ1) is 9.80. The molecule has 0 aliphatic carbocycles. The first-order valence-electron chi connectivity index (χ1n) is 8.22. The molecule has 0 heterocycles. The van der Waals surface area contributed by atoms with Crippen molar-refractivity contribution in [2.45, 2.75) is 59.4 Å². The van der Waals surface area contributed by atoms with Gasteiger partial charge in [0.1, 0.15) is 0 Å². The van der Waals surface area contributed by atoms with Crippen LogP contribution in [0.25, 0.3) is 0 Å². The maximum Gasteiger partial charge on any atom is 0.0591 e. The molecule has 1 rings (SSSR count). The quantitative estimate of drug-likeness (QED) is 0.701. The van der Waals surface area contributed by atoms with E-state index in [0.717, 1.165) is 32.1 Å². The fraction of sp³-hybridized carbons (Fsp3) is 0.684. The molecule has 0 amide bonds. The number of hydrogen-bond acceptors (Lipinski definition) is 2. The molecule has 1 N–H and O–H groups in total. The summed E-state index contributed by atoms with van der Waals surface area (Å²) in [6.45, 7) is 16.0. The lowest BCUT2D eigenvalue weighted by Gasteiger charge is -2.20. The highest BCUT2D eigenvalue weighted by atomic mass is 16.5. The molecule has 1 unspecified atom stereocenters. The molecular formula is C19H33NO. The van der Waals surface area contributed by atoms with E-state index in [1.54, 1.807) is 0 Å². The second-order valence-corrected chi connectivity index (χ2v) is 7.34. The van der Waals surface area contributed by atoms with Crippen LogP contribution in [0.3, 0.4) is 0 Å². The van der Waals surface area contributed by atoms with E-state index in [2.05, 4.69) is 71.1 Å². The molecule has 1 aromatic carbocycles. The third-order valence-corrected chi connectivity index (χ3v) is 3.81. The summed E-state index contributed by atoms with van der Waals surface area (Å²) < 4.78 is 5.63. The van der Waals surface area contributed by atoms with E-state index in [-0.39, 0.29) is 5.41 Å². The maximum absolute atomic E-state index is 5.63. The second-order valence-electron chi connectivity index (χ2n) is 7.34. The van der Waals surface area contributed by atoms with Crippen molar-refractivity contribution < 1.29 is 4.74 Å². The monoisotopic (exact) mass is 291 g/mol. The predicted molar refractivity (Wildman–Crippen MR) is 91.8 cm³/mol. The molecule has 0 aliphatic heterocycles. The van der Waals surface area contributed by atoms with Gasteiger partial charge in [0.15, 0.2) is 0 Å². The highest BCUT2D eigenvalue weighted by molar-refractivity contribution is 5.28. The zero-order chi connectivity index (χ0) is 15.9. The standard InChI is InChI=1S/C19H33NO/c1-15(2)11-13-21-14-12-20-16(3)17-7-9-18(10-8-17)19(4,5)6/h7-10,15-16,20H,11-14H2,1-6H3. The zero-order valence-corrected chi connectivity index (χ0v) is 14.7. The Morgan fingerprint density at radius 2 is 1.62 bits per heavy atom. The van der Waals surface area contributed by atoms with Gasteiger partial charge in [-0.1, -0.05) is 58.9 Å². The van der Waals surface area contributed by atoms with Crippen LogP contribution in [0.5, 0.6) is 0 Å². The predicted octanol–water partition coefficient (Wildman–Crippen LogP) is 4.70. The van der Waals surface area contributed by atoms with Crippen LogP contribution in [0.2, 0.25) is 0 Å². The summed E-state index contributed by atoms with van der Waals surface area (Å²) in [4.78, 5) is 0. The molecule has 0 fully saturated rings. The number of ether oxygens (including phenoxy) is 1. The van der Waals surface area contributed by atoms with Gasteiger partial charge in [0.05, 0.1) is 6.61 Å². The summed E-state index contributed by atoms with van der Waals surface area (Å²) >= 11 is 0. The normalized spacial score (nSPS) is 13.7. The molecule has 120 valence electrons. The third-order valence-electron chi connectivity index (χ3n) is 3.81. The van der Waals surface area contributed by atoms with Crippen molar-refractivity contribution >= 4 is 0 Å². The van der Waals surface area contributed by atoms with Crippen molar-refractivity contribution in [3.05, 3.63) is 35.4 Å². The van der Waals surface area contributed by atoms with Gasteiger partial charge in [0.2, 0.25) is 0 Å².